The van der Waals surface area contributed by atoms with Gasteiger partial charge in [0.05, 0.1) is 0 Å². The van der Waals surface area contributed by atoms with Crippen LogP contribution in [0.25, 0.3) is 0 Å². The number of carbonyl (C=O) groups excluding carboxylic acids is 1. The Balaban J connectivity index is 1.85. The Morgan fingerprint density at radius 2 is 1.68 bits per heavy atom. The fraction of sp³-hybridized carbons (Fsp3) is 0.118. The van der Waals surface area contributed by atoms with Gasteiger partial charge in [-0.25, -0.2) is 0 Å². The minimum atomic E-state index is 0.0561. The molecule has 2 heteroatoms. The van der Waals surface area contributed by atoms with Gasteiger partial charge in [0.25, 0.3) is 0 Å². The molecular weight excluding hydrogens is 300 g/mol. The van der Waals surface area contributed by atoms with Gasteiger partial charge in [0.15, 0.2) is 5.78 Å². The molecule has 0 heterocycles. The second kappa shape index (κ2) is 7.05. The highest BCUT2D eigenvalue weighted by molar-refractivity contribution is 9.10. The summed E-state index contributed by atoms with van der Waals surface area (Å²) < 4.78 is 0.983. The molecule has 0 fully saturated rings. The van der Waals surface area contributed by atoms with Gasteiger partial charge in [0, 0.05) is 10.0 Å². The first-order valence-corrected chi connectivity index (χ1v) is 7.05. The summed E-state index contributed by atoms with van der Waals surface area (Å²) in [5.41, 5.74) is 2.02. The van der Waals surface area contributed by atoms with Crippen molar-refractivity contribution in [3.63, 3.8) is 0 Å². The Hall–Kier alpha value is -1.67. The number of allylic oxidation sites excluding steroid dienone is 2. The van der Waals surface area contributed by atoms with Crippen LogP contribution in [0.2, 0.25) is 0 Å². The van der Waals surface area contributed by atoms with Crippen LogP contribution in [-0.4, -0.2) is 5.78 Å². The van der Waals surface area contributed by atoms with Gasteiger partial charge >= 0.3 is 0 Å². The lowest BCUT2D eigenvalue weighted by Gasteiger charge is -1.97. The fourth-order valence-electron chi connectivity index (χ4n) is 1.80. The molecule has 2 aromatic rings. The van der Waals surface area contributed by atoms with E-state index in [9.17, 15) is 4.79 Å². The minimum Gasteiger partial charge on any atom is -0.289 e. The maximum atomic E-state index is 11.9. The molecule has 0 spiro atoms. The highest BCUT2D eigenvalue weighted by Gasteiger charge is 2.00. The smallest absolute Gasteiger partial charge is 0.185 e. The van der Waals surface area contributed by atoms with Crippen molar-refractivity contribution in [3.05, 3.63) is 82.3 Å². The van der Waals surface area contributed by atoms with E-state index >= 15 is 0 Å². The fourth-order valence-corrected chi connectivity index (χ4v) is 2.06. The summed E-state index contributed by atoms with van der Waals surface area (Å²) >= 11 is 3.35. The van der Waals surface area contributed by atoms with Gasteiger partial charge in [0.2, 0.25) is 0 Å². The lowest BCUT2D eigenvalue weighted by atomic mass is 10.1. The van der Waals surface area contributed by atoms with Crippen molar-refractivity contribution in [1.29, 1.82) is 0 Å². The molecule has 0 atom stereocenters. The Morgan fingerprint density at radius 3 is 2.37 bits per heavy atom. The van der Waals surface area contributed by atoms with Gasteiger partial charge in [-0.05, 0) is 48.7 Å². The van der Waals surface area contributed by atoms with Gasteiger partial charge in [-0.1, -0.05) is 52.3 Å². The zero-order chi connectivity index (χ0) is 13.5. The van der Waals surface area contributed by atoms with Crippen molar-refractivity contribution < 1.29 is 4.79 Å². The molecule has 0 saturated heterocycles. The molecule has 2 rings (SSSR count). The van der Waals surface area contributed by atoms with Crippen LogP contribution in [0.1, 0.15) is 22.3 Å². The average Bonchev–Trinajstić information content (AvgIpc) is 2.45. The lowest BCUT2D eigenvalue weighted by Crippen LogP contribution is -1.93. The summed E-state index contributed by atoms with van der Waals surface area (Å²) in [5.74, 6) is 0.0561. The number of aryl methyl sites for hydroxylation is 1. The number of hydrogen-bond acceptors (Lipinski definition) is 1. The monoisotopic (exact) mass is 314 g/mol. The molecule has 0 bridgehead atoms. The molecule has 0 radical (unpaired) electrons. The molecule has 0 amide bonds. The first-order valence-electron chi connectivity index (χ1n) is 6.26. The van der Waals surface area contributed by atoms with Gasteiger partial charge in [-0.3, -0.25) is 4.79 Å². The minimum absolute atomic E-state index is 0.0561. The van der Waals surface area contributed by atoms with Gasteiger partial charge in [0.1, 0.15) is 0 Å². The van der Waals surface area contributed by atoms with Crippen LogP contribution in [0, 0.1) is 0 Å². The van der Waals surface area contributed by atoms with E-state index in [-0.39, 0.29) is 5.78 Å². The predicted octanol–water partition coefficient (Wildman–Crippen LogP) is 4.82. The van der Waals surface area contributed by atoms with Crippen molar-refractivity contribution in [3.8, 4) is 0 Å². The Morgan fingerprint density at radius 1 is 1.00 bits per heavy atom. The number of hydrogen-bond donors (Lipinski definition) is 0. The predicted molar refractivity (Wildman–Crippen MR) is 82.4 cm³/mol. The van der Waals surface area contributed by atoms with Crippen LogP contribution in [-0.2, 0) is 6.42 Å². The largest absolute Gasteiger partial charge is 0.289 e. The normalized spacial score (nSPS) is 10.8. The van der Waals surface area contributed by atoms with E-state index in [1.54, 1.807) is 6.08 Å². The molecule has 0 N–H and O–H groups in total. The van der Waals surface area contributed by atoms with E-state index in [0.29, 0.717) is 0 Å². The number of ketones is 1. The summed E-state index contributed by atoms with van der Waals surface area (Å²) in [5, 5.41) is 0. The molecule has 0 aliphatic heterocycles. The number of benzene rings is 2. The summed E-state index contributed by atoms with van der Waals surface area (Å²) in [6.45, 7) is 0. The molecule has 19 heavy (non-hydrogen) atoms. The van der Waals surface area contributed by atoms with E-state index < -0.39 is 0 Å². The standard InChI is InChI=1S/C17H15BrO/c18-16-12-10-15(11-13-16)17(19)9-5-4-8-14-6-2-1-3-7-14/h1-3,5-7,9-13H,4,8H2/b9-5+. The molecule has 0 aliphatic carbocycles. The topological polar surface area (TPSA) is 17.1 Å². The molecular formula is C17H15BrO. The third-order valence-electron chi connectivity index (χ3n) is 2.84. The zero-order valence-electron chi connectivity index (χ0n) is 10.6. The van der Waals surface area contributed by atoms with Crippen molar-refractivity contribution >= 4 is 21.7 Å². The van der Waals surface area contributed by atoms with Crippen LogP contribution in [0.3, 0.4) is 0 Å². The van der Waals surface area contributed by atoms with Crippen LogP contribution in [0.15, 0.2) is 71.2 Å². The SMILES string of the molecule is O=C(/C=C/CCc1ccccc1)c1ccc(Br)cc1. The van der Waals surface area contributed by atoms with Crippen molar-refractivity contribution in [1.82, 2.24) is 0 Å². The Kier molecular flexibility index (Phi) is 5.10. The zero-order valence-corrected chi connectivity index (χ0v) is 12.1. The van der Waals surface area contributed by atoms with Crippen molar-refractivity contribution in [2.24, 2.45) is 0 Å². The summed E-state index contributed by atoms with van der Waals surface area (Å²) in [7, 11) is 0. The first-order chi connectivity index (χ1) is 9.25. The summed E-state index contributed by atoms with van der Waals surface area (Å²) in [6.07, 6.45) is 5.45. The third-order valence-corrected chi connectivity index (χ3v) is 3.37. The quantitative estimate of drug-likeness (QED) is 0.571. The van der Waals surface area contributed by atoms with E-state index in [0.717, 1.165) is 22.9 Å². The second-order valence-electron chi connectivity index (χ2n) is 4.30. The van der Waals surface area contributed by atoms with Crippen molar-refractivity contribution in [2.75, 3.05) is 0 Å². The van der Waals surface area contributed by atoms with Gasteiger partial charge in [-0.15, -0.1) is 0 Å². The number of halogens is 1. The molecule has 0 aromatic heterocycles. The Labute approximate surface area is 122 Å². The van der Waals surface area contributed by atoms with E-state index in [1.165, 1.54) is 5.56 Å². The number of carbonyl (C=O) groups is 1. The molecule has 0 aliphatic rings. The highest BCUT2D eigenvalue weighted by atomic mass is 79.9. The van der Waals surface area contributed by atoms with Gasteiger partial charge in [-0.2, -0.15) is 0 Å². The maximum absolute atomic E-state index is 11.9. The molecule has 1 nitrogen and oxygen atoms in total. The van der Waals surface area contributed by atoms with Crippen molar-refractivity contribution in [2.45, 2.75) is 12.8 Å². The van der Waals surface area contributed by atoms with Crippen LogP contribution in [0.4, 0.5) is 0 Å². The van der Waals surface area contributed by atoms with E-state index in [1.807, 2.05) is 48.5 Å². The number of rotatable bonds is 5. The van der Waals surface area contributed by atoms with Gasteiger partial charge < -0.3 is 0 Å². The average molecular weight is 315 g/mol. The first kappa shape index (κ1) is 13.8. The van der Waals surface area contributed by atoms with E-state index in [4.69, 9.17) is 0 Å². The third kappa shape index (κ3) is 4.49. The van der Waals surface area contributed by atoms with E-state index in [2.05, 4.69) is 28.1 Å². The maximum Gasteiger partial charge on any atom is 0.185 e. The van der Waals surface area contributed by atoms with Crippen LogP contribution in [0.5, 0.6) is 0 Å². The lowest BCUT2D eigenvalue weighted by molar-refractivity contribution is 0.104. The molecule has 0 unspecified atom stereocenters. The molecule has 96 valence electrons. The second-order valence-corrected chi connectivity index (χ2v) is 5.21. The van der Waals surface area contributed by atoms with Crippen LogP contribution >= 0.6 is 15.9 Å². The summed E-state index contributed by atoms with van der Waals surface area (Å²) in [6, 6.07) is 17.7. The molecule has 2 aromatic carbocycles. The summed E-state index contributed by atoms with van der Waals surface area (Å²) in [4.78, 5) is 11.9. The molecule has 0 saturated carbocycles. The van der Waals surface area contributed by atoms with Crippen LogP contribution < -0.4 is 0 Å². The Bertz CT molecular complexity index is 556. The highest BCUT2D eigenvalue weighted by Crippen LogP contribution is 2.11.